The second kappa shape index (κ2) is 8.62. The molecule has 0 radical (unpaired) electrons. The molecule has 0 atom stereocenters. The van der Waals surface area contributed by atoms with Gasteiger partial charge < -0.3 is 9.80 Å². The van der Waals surface area contributed by atoms with Crippen LogP contribution in [-0.2, 0) is 0 Å². The van der Waals surface area contributed by atoms with E-state index in [1.54, 1.807) is 33.6 Å². The van der Waals surface area contributed by atoms with Crippen LogP contribution in [0, 0.1) is 6.92 Å². The molecule has 1 aliphatic rings. The molecule has 0 bridgehead atoms. The van der Waals surface area contributed by atoms with Crippen LogP contribution >= 0.6 is 22.7 Å². The summed E-state index contributed by atoms with van der Waals surface area (Å²) < 4.78 is 1.74. The van der Waals surface area contributed by atoms with Crippen LogP contribution in [-0.4, -0.2) is 61.9 Å². The lowest BCUT2D eigenvalue weighted by molar-refractivity contribution is 0.0746. The summed E-state index contributed by atoms with van der Waals surface area (Å²) in [6, 6.07) is 16.0. The van der Waals surface area contributed by atoms with Crippen molar-refractivity contribution in [2.24, 2.45) is 0 Å². The molecule has 1 saturated heterocycles. The summed E-state index contributed by atoms with van der Waals surface area (Å²) in [5.74, 6) is 0.707. The number of benzene rings is 1. The molecule has 1 fully saturated rings. The van der Waals surface area contributed by atoms with E-state index in [4.69, 9.17) is 4.98 Å². The normalized spacial score (nSPS) is 14.1. The van der Waals surface area contributed by atoms with Crippen molar-refractivity contribution in [1.82, 2.24) is 29.9 Å². The van der Waals surface area contributed by atoms with Crippen LogP contribution < -0.4 is 4.90 Å². The Hall–Kier alpha value is -3.63. The third kappa shape index (κ3) is 3.74. The fraction of sp³-hybridized carbons (Fsp3) is 0.208. The summed E-state index contributed by atoms with van der Waals surface area (Å²) >= 11 is 3.26. The molecule has 8 nitrogen and oxygen atoms in total. The summed E-state index contributed by atoms with van der Waals surface area (Å²) in [6.45, 7) is 4.63. The van der Waals surface area contributed by atoms with Crippen molar-refractivity contribution in [3.05, 3.63) is 71.4 Å². The highest BCUT2D eigenvalue weighted by atomic mass is 32.1. The lowest BCUT2D eigenvalue weighted by Crippen LogP contribution is -2.48. The molecule has 6 rings (SSSR count). The molecule has 0 saturated carbocycles. The maximum atomic E-state index is 13.3. The average Bonchev–Trinajstić information content (AvgIpc) is 3.64. The maximum absolute atomic E-state index is 13.3. The van der Waals surface area contributed by atoms with Gasteiger partial charge in [-0.2, -0.15) is 5.10 Å². The molecule has 1 amide bonds. The third-order valence-corrected chi connectivity index (χ3v) is 8.05. The zero-order valence-electron chi connectivity index (χ0n) is 18.5. The van der Waals surface area contributed by atoms with Crippen LogP contribution in [0.1, 0.15) is 16.1 Å². The summed E-state index contributed by atoms with van der Waals surface area (Å²) in [4.78, 5) is 23.2. The lowest BCUT2D eigenvalue weighted by Gasteiger charge is -2.34. The van der Waals surface area contributed by atoms with Crippen LogP contribution in [0.3, 0.4) is 0 Å². The van der Waals surface area contributed by atoms with Crippen LogP contribution in [0.4, 0.5) is 5.13 Å². The number of anilines is 1. The molecule has 0 aliphatic carbocycles. The predicted octanol–water partition coefficient (Wildman–Crippen LogP) is 4.27. The highest BCUT2D eigenvalue weighted by molar-refractivity contribution is 7.22. The van der Waals surface area contributed by atoms with Crippen LogP contribution in [0.5, 0.6) is 0 Å². The van der Waals surface area contributed by atoms with Gasteiger partial charge in [-0.05, 0) is 36.6 Å². The molecule has 5 aromatic rings. The molecule has 0 unspecified atom stereocenters. The predicted molar refractivity (Wildman–Crippen MR) is 135 cm³/mol. The summed E-state index contributed by atoms with van der Waals surface area (Å²) in [5, 5.41) is 18.1. The van der Waals surface area contributed by atoms with E-state index in [2.05, 4.69) is 26.3 Å². The first-order chi connectivity index (χ1) is 16.7. The molecule has 10 heteroatoms. The molecule has 4 aromatic heterocycles. The number of para-hydroxylation sites is 1. The van der Waals surface area contributed by atoms with E-state index >= 15 is 0 Å². The molecule has 170 valence electrons. The van der Waals surface area contributed by atoms with Gasteiger partial charge >= 0.3 is 0 Å². The minimum atomic E-state index is 0.000674. The molecule has 0 spiro atoms. The first-order valence-corrected chi connectivity index (χ1v) is 12.7. The number of hydrogen-bond acceptors (Lipinski definition) is 8. The largest absolute Gasteiger partial charge is 0.343 e. The van der Waals surface area contributed by atoms with E-state index in [1.165, 1.54) is 0 Å². The number of rotatable bonds is 4. The zero-order chi connectivity index (χ0) is 23.1. The number of fused-ring (bicyclic) bond motifs is 1. The maximum Gasteiger partial charge on any atom is 0.257 e. The Morgan fingerprint density at radius 2 is 1.82 bits per heavy atom. The molecule has 34 heavy (non-hydrogen) atoms. The van der Waals surface area contributed by atoms with Crippen LogP contribution in [0.25, 0.3) is 26.6 Å². The van der Waals surface area contributed by atoms with E-state index in [0.29, 0.717) is 24.5 Å². The number of hydrogen-bond donors (Lipinski definition) is 0. The van der Waals surface area contributed by atoms with Gasteiger partial charge in [0.2, 0.25) is 5.13 Å². The van der Waals surface area contributed by atoms with Gasteiger partial charge in [0.05, 0.1) is 27.8 Å². The fourth-order valence-electron chi connectivity index (χ4n) is 4.14. The molecule has 0 N–H and O–H groups in total. The number of nitrogens with zero attached hydrogens (tertiary/aromatic N) is 7. The van der Waals surface area contributed by atoms with Crippen molar-refractivity contribution in [2.75, 3.05) is 31.1 Å². The molecular formula is C24H21N7OS2. The van der Waals surface area contributed by atoms with Gasteiger partial charge in [-0.3, -0.25) is 4.79 Å². The highest BCUT2D eigenvalue weighted by Crippen LogP contribution is 2.32. The number of amides is 1. The zero-order valence-corrected chi connectivity index (χ0v) is 20.1. The van der Waals surface area contributed by atoms with E-state index in [9.17, 15) is 4.79 Å². The smallest absolute Gasteiger partial charge is 0.257 e. The number of carbonyl (C=O) groups is 1. The van der Waals surface area contributed by atoms with Crippen molar-refractivity contribution < 1.29 is 4.79 Å². The van der Waals surface area contributed by atoms with E-state index in [1.807, 2.05) is 59.7 Å². The van der Waals surface area contributed by atoms with Crippen molar-refractivity contribution in [1.29, 1.82) is 0 Å². The van der Waals surface area contributed by atoms with Crippen LogP contribution in [0.15, 0.2) is 60.1 Å². The fourth-order valence-corrected chi connectivity index (χ4v) is 5.83. The second-order valence-corrected chi connectivity index (χ2v) is 9.97. The average molecular weight is 488 g/mol. The number of thiophene rings is 1. The first kappa shape index (κ1) is 20.9. The first-order valence-electron chi connectivity index (χ1n) is 11.0. The van der Waals surface area contributed by atoms with Gasteiger partial charge in [-0.1, -0.05) is 35.6 Å². The molecule has 5 heterocycles. The van der Waals surface area contributed by atoms with Gasteiger partial charge in [-0.15, -0.1) is 21.5 Å². The van der Waals surface area contributed by atoms with Crippen molar-refractivity contribution in [3.63, 3.8) is 0 Å². The van der Waals surface area contributed by atoms with E-state index in [0.717, 1.165) is 44.7 Å². The molecule has 1 aromatic carbocycles. The molecular weight excluding hydrogens is 466 g/mol. The Morgan fingerprint density at radius 3 is 2.65 bits per heavy atom. The van der Waals surface area contributed by atoms with Gasteiger partial charge in [0.1, 0.15) is 0 Å². The Balaban J connectivity index is 1.16. The topological polar surface area (TPSA) is 80.0 Å². The second-order valence-electron chi connectivity index (χ2n) is 8.06. The number of aromatic nitrogens is 5. The Labute approximate surface area is 204 Å². The third-order valence-electron chi connectivity index (χ3n) is 6.02. The highest BCUT2D eigenvalue weighted by Gasteiger charge is 2.27. The Bertz CT molecular complexity index is 1470. The lowest BCUT2D eigenvalue weighted by atomic mass is 10.2. The van der Waals surface area contributed by atoms with Gasteiger partial charge in [0.15, 0.2) is 10.8 Å². The number of pyridine rings is 1. The minimum Gasteiger partial charge on any atom is -0.343 e. The van der Waals surface area contributed by atoms with Crippen molar-refractivity contribution in [2.45, 2.75) is 6.92 Å². The SMILES string of the molecule is Cc1c(C(=O)N2CCN(c3nnc(-c4cccs4)s3)CC2)cnn1-c1ccc2ccccc2n1. The quantitative estimate of drug-likeness (QED) is 0.377. The monoisotopic (exact) mass is 487 g/mol. The van der Waals surface area contributed by atoms with Gasteiger partial charge in [-0.25, -0.2) is 9.67 Å². The van der Waals surface area contributed by atoms with E-state index < -0.39 is 0 Å². The number of piperazine rings is 1. The summed E-state index contributed by atoms with van der Waals surface area (Å²) in [6.07, 6.45) is 1.65. The van der Waals surface area contributed by atoms with Crippen LogP contribution in [0.2, 0.25) is 0 Å². The Morgan fingerprint density at radius 1 is 0.971 bits per heavy atom. The standard InChI is InChI=1S/C24H21N7OS2/c1-16-18(15-25-31(16)21-9-8-17-5-2-3-6-19(17)26-21)23(32)29-10-12-30(13-11-29)24-28-27-22(34-24)20-7-4-14-33-20/h2-9,14-15H,10-13H2,1H3. The van der Waals surface area contributed by atoms with Gasteiger partial charge in [0.25, 0.3) is 5.91 Å². The van der Waals surface area contributed by atoms with E-state index in [-0.39, 0.29) is 5.91 Å². The Kier molecular flexibility index (Phi) is 5.31. The van der Waals surface area contributed by atoms with Gasteiger partial charge in [0, 0.05) is 31.6 Å². The molecule has 1 aliphatic heterocycles. The number of carbonyl (C=O) groups excluding carboxylic acids is 1. The summed E-state index contributed by atoms with van der Waals surface area (Å²) in [5.41, 5.74) is 2.30. The minimum absolute atomic E-state index is 0.000674. The van der Waals surface area contributed by atoms with Crippen molar-refractivity contribution in [3.8, 4) is 15.7 Å². The van der Waals surface area contributed by atoms with Crippen molar-refractivity contribution >= 4 is 44.6 Å². The summed E-state index contributed by atoms with van der Waals surface area (Å²) in [7, 11) is 0.